The summed E-state index contributed by atoms with van der Waals surface area (Å²) >= 11 is 5.82. The molecule has 1 aromatic heterocycles. The monoisotopic (exact) mass is 445 g/mol. The molecule has 0 saturated carbocycles. The Balaban J connectivity index is 1.29. The maximum absolute atomic E-state index is 12.4. The highest BCUT2D eigenvalue weighted by Crippen LogP contribution is 2.17. The molecule has 8 nitrogen and oxygen atoms in total. The van der Waals surface area contributed by atoms with Crippen LogP contribution >= 0.6 is 11.6 Å². The Morgan fingerprint density at radius 1 is 1.06 bits per heavy atom. The predicted octanol–water partition coefficient (Wildman–Crippen LogP) is 2.25. The molecule has 1 aliphatic rings. The Bertz CT molecular complexity index is 904. The van der Waals surface area contributed by atoms with Gasteiger partial charge in [-0.25, -0.2) is 0 Å². The third kappa shape index (κ3) is 6.82. The number of carbonyl (C=O) groups excluding carboxylic acids is 3. The van der Waals surface area contributed by atoms with E-state index in [1.165, 1.54) is 0 Å². The van der Waals surface area contributed by atoms with Gasteiger partial charge in [0.1, 0.15) is 0 Å². The van der Waals surface area contributed by atoms with Crippen LogP contribution in [0.1, 0.15) is 46.4 Å². The van der Waals surface area contributed by atoms with E-state index in [-0.39, 0.29) is 17.7 Å². The van der Waals surface area contributed by atoms with E-state index >= 15 is 0 Å². The Hall–Kier alpha value is -2.87. The van der Waals surface area contributed by atoms with Gasteiger partial charge in [-0.1, -0.05) is 11.6 Å². The molecule has 1 fully saturated rings. The van der Waals surface area contributed by atoms with E-state index < -0.39 is 0 Å². The largest absolute Gasteiger partial charge is 0.352 e. The lowest BCUT2D eigenvalue weighted by Crippen LogP contribution is -2.41. The molecule has 166 valence electrons. The number of nitrogens with one attached hydrogen (secondary N) is 2. The molecule has 2 aromatic rings. The number of likely N-dealkylation sites (tertiary alicyclic amines) is 1. The number of piperidine rings is 1. The molecule has 0 bridgehead atoms. The molecule has 2 heterocycles. The fourth-order valence-electron chi connectivity index (χ4n) is 3.57. The van der Waals surface area contributed by atoms with Crippen molar-refractivity contribution in [1.29, 1.82) is 0 Å². The second-order valence-corrected chi connectivity index (χ2v) is 8.24. The molecular formula is C22H28ClN5O3. The van der Waals surface area contributed by atoms with Gasteiger partial charge in [-0.15, -0.1) is 0 Å². The van der Waals surface area contributed by atoms with Crippen molar-refractivity contribution in [3.63, 3.8) is 0 Å². The summed E-state index contributed by atoms with van der Waals surface area (Å²) in [5.74, 6) is 0.187. The van der Waals surface area contributed by atoms with E-state index in [2.05, 4.69) is 15.7 Å². The number of amides is 3. The molecule has 1 aliphatic heterocycles. The average molecular weight is 446 g/mol. The van der Waals surface area contributed by atoms with Crippen LogP contribution in [0.4, 0.5) is 0 Å². The third-order valence-electron chi connectivity index (χ3n) is 5.44. The van der Waals surface area contributed by atoms with Crippen LogP contribution in [-0.2, 0) is 11.8 Å². The van der Waals surface area contributed by atoms with Crippen molar-refractivity contribution in [2.75, 3.05) is 26.2 Å². The second-order valence-electron chi connectivity index (χ2n) is 7.80. The van der Waals surface area contributed by atoms with Crippen molar-refractivity contribution in [3.05, 3.63) is 52.8 Å². The lowest BCUT2D eigenvalue weighted by molar-refractivity contribution is -0.132. The molecule has 0 unspecified atom stereocenters. The van der Waals surface area contributed by atoms with Gasteiger partial charge in [0.15, 0.2) is 0 Å². The maximum Gasteiger partial charge on any atom is 0.254 e. The van der Waals surface area contributed by atoms with Crippen molar-refractivity contribution >= 4 is 29.3 Å². The fraction of sp³-hybridized carbons (Fsp3) is 0.455. The lowest BCUT2D eigenvalue weighted by Gasteiger charge is -2.32. The Labute approximate surface area is 186 Å². The van der Waals surface area contributed by atoms with Crippen molar-refractivity contribution in [3.8, 4) is 0 Å². The molecule has 0 spiro atoms. The zero-order chi connectivity index (χ0) is 22.2. The fourth-order valence-corrected chi connectivity index (χ4v) is 3.69. The van der Waals surface area contributed by atoms with E-state index in [9.17, 15) is 14.4 Å². The molecule has 3 rings (SSSR count). The molecule has 2 N–H and O–H groups in total. The Kier molecular flexibility index (Phi) is 8.06. The van der Waals surface area contributed by atoms with E-state index in [4.69, 9.17) is 11.6 Å². The molecule has 1 aromatic carbocycles. The Morgan fingerprint density at radius 3 is 2.39 bits per heavy atom. The normalized spacial score (nSPS) is 14.3. The smallest absolute Gasteiger partial charge is 0.254 e. The van der Waals surface area contributed by atoms with E-state index in [0.717, 1.165) is 12.8 Å². The van der Waals surface area contributed by atoms with Gasteiger partial charge in [-0.2, -0.15) is 5.10 Å². The summed E-state index contributed by atoms with van der Waals surface area (Å²) in [5.41, 5.74) is 1.10. The maximum atomic E-state index is 12.4. The van der Waals surface area contributed by atoms with Gasteiger partial charge in [-0.3, -0.25) is 19.1 Å². The highest BCUT2D eigenvalue weighted by Gasteiger charge is 2.23. The summed E-state index contributed by atoms with van der Waals surface area (Å²) in [5, 5.41) is 10.4. The number of hydrogen-bond acceptors (Lipinski definition) is 4. The van der Waals surface area contributed by atoms with Crippen LogP contribution in [-0.4, -0.2) is 58.6 Å². The van der Waals surface area contributed by atoms with Gasteiger partial charge < -0.3 is 15.5 Å². The molecular weight excluding hydrogens is 418 g/mol. The van der Waals surface area contributed by atoms with Crippen LogP contribution in [0.25, 0.3) is 0 Å². The first kappa shape index (κ1) is 22.8. The number of hydrogen-bond donors (Lipinski definition) is 2. The molecule has 9 heteroatoms. The number of nitrogens with zero attached hydrogens (tertiary/aromatic N) is 3. The van der Waals surface area contributed by atoms with Gasteiger partial charge in [-0.05, 0) is 49.4 Å². The van der Waals surface area contributed by atoms with Crippen molar-refractivity contribution < 1.29 is 14.4 Å². The Morgan fingerprint density at radius 2 is 1.74 bits per heavy atom. The highest BCUT2D eigenvalue weighted by atomic mass is 35.5. The molecule has 0 radical (unpaired) electrons. The number of benzene rings is 1. The lowest BCUT2D eigenvalue weighted by atomic mass is 9.96. The van der Waals surface area contributed by atoms with Crippen LogP contribution in [0, 0.1) is 5.92 Å². The molecule has 1 saturated heterocycles. The molecule has 31 heavy (non-hydrogen) atoms. The zero-order valence-corrected chi connectivity index (χ0v) is 18.4. The summed E-state index contributed by atoms with van der Waals surface area (Å²) < 4.78 is 1.60. The van der Waals surface area contributed by atoms with E-state index in [1.54, 1.807) is 48.4 Å². The van der Waals surface area contributed by atoms with Crippen LogP contribution < -0.4 is 10.6 Å². The van der Waals surface area contributed by atoms with Crippen molar-refractivity contribution in [2.24, 2.45) is 13.0 Å². The summed E-state index contributed by atoms with van der Waals surface area (Å²) in [6.45, 7) is 2.45. The first-order valence-corrected chi connectivity index (χ1v) is 10.9. The topological polar surface area (TPSA) is 96.3 Å². The van der Waals surface area contributed by atoms with Crippen LogP contribution in [0.15, 0.2) is 36.7 Å². The van der Waals surface area contributed by atoms with E-state index in [0.29, 0.717) is 61.1 Å². The molecule has 0 atom stereocenters. The zero-order valence-electron chi connectivity index (χ0n) is 17.6. The highest BCUT2D eigenvalue weighted by molar-refractivity contribution is 6.30. The van der Waals surface area contributed by atoms with Crippen molar-refractivity contribution in [2.45, 2.75) is 25.7 Å². The van der Waals surface area contributed by atoms with Crippen LogP contribution in [0.5, 0.6) is 0 Å². The minimum absolute atomic E-state index is 0.110. The van der Waals surface area contributed by atoms with Gasteiger partial charge in [0.05, 0.1) is 11.8 Å². The summed E-state index contributed by atoms with van der Waals surface area (Å²) in [7, 11) is 1.77. The summed E-state index contributed by atoms with van der Waals surface area (Å²) in [6.07, 6.45) is 5.98. The molecule has 3 amide bonds. The predicted molar refractivity (Wildman–Crippen MR) is 118 cm³/mol. The number of carbonyl (C=O) groups is 3. The number of aromatic nitrogens is 2. The van der Waals surface area contributed by atoms with Crippen LogP contribution in [0.2, 0.25) is 5.02 Å². The molecule has 0 aliphatic carbocycles. The number of aryl methyl sites for hydroxylation is 1. The minimum atomic E-state index is -0.168. The summed E-state index contributed by atoms with van der Waals surface area (Å²) in [4.78, 5) is 38.5. The van der Waals surface area contributed by atoms with Crippen molar-refractivity contribution in [1.82, 2.24) is 25.3 Å². The van der Waals surface area contributed by atoms with Gasteiger partial charge in [0.25, 0.3) is 11.8 Å². The first-order valence-electron chi connectivity index (χ1n) is 10.5. The third-order valence-corrected chi connectivity index (χ3v) is 5.70. The van der Waals surface area contributed by atoms with Gasteiger partial charge >= 0.3 is 0 Å². The van der Waals surface area contributed by atoms with Gasteiger partial charge in [0.2, 0.25) is 5.91 Å². The first-order chi connectivity index (χ1) is 14.9. The quantitative estimate of drug-likeness (QED) is 0.609. The van der Waals surface area contributed by atoms with Gasteiger partial charge in [0, 0.05) is 56.4 Å². The van der Waals surface area contributed by atoms with Crippen LogP contribution in [0.3, 0.4) is 0 Å². The minimum Gasteiger partial charge on any atom is -0.352 e. The second kappa shape index (κ2) is 10.9. The number of rotatable bonds is 8. The standard InChI is InChI=1S/C22H28ClN5O3/c1-27-15-18(14-26-27)22(31)25-13-16-8-11-28(12-9-16)20(29)3-2-10-24-21(30)17-4-6-19(23)7-5-17/h4-7,14-16H,2-3,8-13H2,1H3,(H,24,30)(H,25,31). The summed E-state index contributed by atoms with van der Waals surface area (Å²) in [6, 6.07) is 6.69. The van der Waals surface area contributed by atoms with E-state index in [1.807, 2.05) is 4.90 Å². The average Bonchev–Trinajstić information content (AvgIpc) is 3.22. The SMILES string of the molecule is Cn1cc(C(=O)NCC2CCN(C(=O)CCCNC(=O)c3ccc(Cl)cc3)CC2)cn1. The number of halogens is 1.